The van der Waals surface area contributed by atoms with Crippen LogP contribution in [0.4, 0.5) is 5.69 Å². The fourth-order valence-corrected chi connectivity index (χ4v) is 2.46. The van der Waals surface area contributed by atoms with E-state index in [1.54, 1.807) is 12.1 Å². The van der Waals surface area contributed by atoms with Gasteiger partial charge in [-0.1, -0.05) is 12.1 Å². The van der Waals surface area contributed by atoms with E-state index in [0.717, 1.165) is 44.7 Å². The highest BCUT2D eigenvalue weighted by Gasteiger charge is 2.17. The Hall–Kier alpha value is -1.99. The van der Waals surface area contributed by atoms with Crippen molar-refractivity contribution in [3.05, 3.63) is 39.9 Å². The highest BCUT2D eigenvalue weighted by Crippen LogP contribution is 2.13. The molecule has 0 spiro atoms. The number of rotatable bonds is 6. The van der Waals surface area contributed by atoms with Gasteiger partial charge in [-0.25, -0.2) is 0 Å². The molecule has 0 atom stereocenters. The number of hydrogen-bond donors (Lipinski definition) is 1. The standard InChI is InChI=1S/C14H20N4O3/c15-14(19)11-17-9-7-16(8-10-17)6-5-12-1-3-13(4-2-12)18(20)21/h1-4H,5-11H2,(H2,15,19). The van der Waals surface area contributed by atoms with Gasteiger partial charge in [-0.05, 0) is 12.0 Å². The Kier molecular flexibility index (Phi) is 5.24. The van der Waals surface area contributed by atoms with Crippen LogP contribution in [0.5, 0.6) is 0 Å². The maximum atomic E-state index is 10.9. The van der Waals surface area contributed by atoms with Gasteiger partial charge in [0.2, 0.25) is 5.91 Å². The number of primary amides is 1. The highest BCUT2D eigenvalue weighted by atomic mass is 16.6. The van der Waals surface area contributed by atoms with Crippen molar-refractivity contribution in [3.63, 3.8) is 0 Å². The van der Waals surface area contributed by atoms with E-state index < -0.39 is 0 Å². The van der Waals surface area contributed by atoms with Gasteiger partial charge in [0.05, 0.1) is 11.5 Å². The number of hydrogen-bond acceptors (Lipinski definition) is 5. The summed E-state index contributed by atoms with van der Waals surface area (Å²) >= 11 is 0. The number of amides is 1. The lowest BCUT2D eigenvalue weighted by Crippen LogP contribution is -2.49. The van der Waals surface area contributed by atoms with Gasteiger partial charge in [0.25, 0.3) is 5.69 Å². The summed E-state index contributed by atoms with van der Waals surface area (Å²) in [7, 11) is 0. The molecule has 0 radical (unpaired) electrons. The zero-order valence-corrected chi connectivity index (χ0v) is 11.9. The number of nitrogens with zero attached hydrogens (tertiary/aromatic N) is 3. The van der Waals surface area contributed by atoms with Crippen LogP contribution in [0.2, 0.25) is 0 Å². The van der Waals surface area contributed by atoms with Crippen molar-refractivity contribution in [2.24, 2.45) is 5.73 Å². The molecule has 1 fully saturated rings. The van der Waals surface area contributed by atoms with Crippen LogP contribution < -0.4 is 5.73 Å². The topological polar surface area (TPSA) is 92.7 Å². The summed E-state index contributed by atoms with van der Waals surface area (Å²) in [4.78, 5) is 25.4. The summed E-state index contributed by atoms with van der Waals surface area (Å²) in [5, 5.41) is 10.6. The first-order valence-electron chi connectivity index (χ1n) is 7.01. The van der Waals surface area contributed by atoms with Crippen LogP contribution in [0.1, 0.15) is 5.56 Å². The Morgan fingerprint density at radius 3 is 2.24 bits per heavy atom. The van der Waals surface area contributed by atoms with Gasteiger partial charge in [-0.3, -0.25) is 19.8 Å². The van der Waals surface area contributed by atoms with E-state index in [2.05, 4.69) is 9.80 Å². The summed E-state index contributed by atoms with van der Waals surface area (Å²) in [5.74, 6) is -0.283. The Morgan fingerprint density at radius 1 is 1.14 bits per heavy atom. The molecule has 1 amide bonds. The van der Waals surface area contributed by atoms with E-state index in [1.807, 2.05) is 12.1 Å². The summed E-state index contributed by atoms with van der Waals surface area (Å²) in [5.41, 5.74) is 6.41. The third-order valence-corrected chi connectivity index (χ3v) is 3.71. The molecule has 1 aliphatic rings. The van der Waals surface area contributed by atoms with Crippen molar-refractivity contribution >= 4 is 11.6 Å². The number of benzene rings is 1. The van der Waals surface area contributed by atoms with E-state index in [9.17, 15) is 14.9 Å². The molecule has 0 aliphatic carbocycles. The van der Waals surface area contributed by atoms with E-state index in [1.165, 1.54) is 0 Å². The second kappa shape index (κ2) is 7.14. The van der Waals surface area contributed by atoms with Gasteiger partial charge >= 0.3 is 0 Å². The highest BCUT2D eigenvalue weighted by molar-refractivity contribution is 5.75. The van der Waals surface area contributed by atoms with Crippen molar-refractivity contribution < 1.29 is 9.72 Å². The molecule has 1 aliphatic heterocycles. The lowest BCUT2D eigenvalue weighted by molar-refractivity contribution is -0.384. The number of carbonyl (C=O) groups excluding carboxylic acids is 1. The molecule has 21 heavy (non-hydrogen) atoms. The normalized spacial score (nSPS) is 16.8. The fraction of sp³-hybridized carbons (Fsp3) is 0.500. The van der Waals surface area contributed by atoms with Crippen LogP contribution in [0.3, 0.4) is 0 Å². The number of nitro benzene ring substituents is 1. The van der Waals surface area contributed by atoms with Crippen LogP contribution in [0.25, 0.3) is 0 Å². The molecule has 1 heterocycles. The van der Waals surface area contributed by atoms with Gasteiger partial charge in [0.15, 0.2) is 0 Å². The largest absolute Gasteiger partial charge is 0.369 e. The molecule has 2 N–H and O–H groups in total. The van der Waals surface area contributed by atoms with Gasteiger partial charge in [0, 0.05) is 44.9 Å². The second-order valence-corrected chi connectivity index (χ2v) is 5.26. The third kappa shape index (κ3) is 4.80. The first-order valence-corrected chi connectivity index (χ1v) is 7.01. The van der Waals surface area contributed by atoms with Crippen molar-refractivity contribution in [2.45, 2.75) is 6.42 Å². The van der Waals surface area contributed by atoms with Crippen LogP contribution in [-0.4, -0.2) is 59.9 Å². The monoisotopic (exact) mass is 292 g/mol. The number of non-ortho nitro benzene ring substituents is 1. The SMILES string of the molecule is NC(=O)CN1CCN(CCc2ccc([N+](=O)[O-])cc2)CC1. The zero-order chi connectivity index (χ0) is 15.2. The lowest BCUT2D eigenvalue weighted by atomic mass is 10.1. The Bertz CT molecular complexity index is 495. The molecule has 0 bridgehead atoms. The predicted octanol–water partition coefficient (Wildman–Crippen LogP) is 0.240. The predicted molar refractivity (Wildman–Crippen MR) is 78.9 cm³/mol. The minimum Gasteiger partial charge on any atom is -0.369 e. The minimum absolute atomic E-state index is 0.124. The third-order valence-electron chi connectivity index (χ3n) is 3.71. The summed E-state index contributed by atoms with van der Waals surface area (Å²) in [6.45, 7) is 4.78. The lowest BCUT2D eigenvalue weighted by Gasteiger charge is -2.33. The van der Waals surface area contributed by atoms with Gasteiger partial charge in [-0.2, -0.15) is 0 Å². The average Bonchev–Trinajstić information content (AvgIpc) is 2.46. The molecule has 1 saturated heterocycles. The quantitative estimate of drug-likeness (QED) is 0.599. The molecule has 0 unspecified atom stereocenters. The molecule has 7 heteroatoms. The first-order chi connectivity index (χ1) is 10.0. The average molecular weight is 292 g/mol. The Morgan fingerprint density at radius 2 is 1.71 bits per heavy atom. The van der Waals surface area contributed by atoms with Crippen molar-refractivity contribution in [1.82, 2.24) is 9.80 Å². The van der Waals surface area contributed by atoms with Crippen molar-refractivity contribution in [2.75, 3.05) is 39.3 Å². The molecule has 0 aromatic heterocycles. The second-order valence-electron chi connectivity index (χ2n) is 5.26. The van der Waals surface area contributed by atoms with Gasteiger partial charge in [0.1, 0.15) is 0 Å². The maximum absolute atomic E-state index is 10.9. The molecule has 114 valence electrons. The molecule has 1 aromatic carbocycles. The molecule has 7 nitrogen and oxygen atoms in total. The molecule has 0 saturated carbocycles. The van der Waals surface area contributed by atoms with E-state index >= 15 is 0 Å². The van der Waals surface area contributed by atoms with E-state index in [-0.39, 0.29) is 16.5 Å². The Labute approximate surface area is 123 Å². The van der Waals surface area contributed by atoms with Crippen LogP contribution in [-0.2, 0) is 11.2 Å². The Balaban J connectivity index is 1.74. The van der Waals surface area contributed by atoms with E-state index in [0.29, 0.717) is 6.54 Å². The first kappa shape index (κ1) is 15.4. The minimum atomic E-state index is -0.387. The van der Waals surface area contributed by atoms with Crippen LogP contribution in [0, 0.1) is 10.1 Å². The van der Waals surface area contributed by atoms with E-state index in [4.69, 9.17) is 5.73 Å². The van der Waals surface area contributed by atoms with Gasteiger partial charge < -0.3 is 10.6 Å². The zero-order valence-electron chi connectivity index (χ0n) is 11.9. The fourth-order valence-electron chi connectivity index (χ4n) is 2.46. The summed E-state index contributed by atoms with van der Waals surface area (Å²) in [6, 6.07) is 6.70. The van der Waals surface area contributed by atoms with Gasteiger partial charge in [-0.15, -0.1) is 0 Å². The van der Waals surface area contributed by atoms with Crippen molar-refractivity contribution in [3.8, 4) is 0 Å². The number of nitro groups is 1. The smallest absolute Gasteiger partial charge is 0.269 e. The molecule has 1 aromatic rings. The number of carbonyl (C=O) groups is 1. The molecular formula is C14H20N4O3. The maximum Gasteiger partial charge on any atom is 0.269 e. The van der Waals surface area contributed by atoms with Crippen molar-refractivity contribution in [1.29, 1.82) is 0 Å². The van der Waals surface area contributed by atoms with Crippen LogP contribution >= 0.6 is 0 Å². The number of nitrogens with two attached hydrogens (primary N) is 1. The summed E-state index contributed by atoms with van der Waals surface area (Å²) in [6.07, 6.45) is 0.869. The summed E-state index contributed by atoms with van der Waals surface area (Å²) < 4.78 is 0. The molecular weight excluding hydrogens is 272 g/mol. The molecule has 2 rings (SSSR count). The number of piperazine rings is 1. The van der Waals surface area contributed by atoms with Crippen LogP contribution in [0.15, 0.2) is 24.3 Å².